The molecule has 2 N–H and O–H groups in total. The Balaban J connectivity index is 0.000000178. The van der Waals surface area contributed by atoms with Gasteiger partial charge in [-0.2, -0.15) is 10.2 Å². The van der Waals surface area contributed by atoms with Crippen molar-refractivity contribution in [2.45, 2.75) is 143 Å². The fraction of sp³-hybridized carbons (Fsp3) is 0.500. The molecule has 18 nitrogen and oxygen atoms in total. The van der Waals surface area contributed by atoms with Gasteiger partial charge in [0.05, 0.1) is 64.1 Å². The normalized spacial score (nSPS) is 16.2. The fourth-order valence-corrected chi connectivity index (χ4v) is 8.84. The molecular weight excluding hydrogens is 983 g/mol. The van der Waals surface area contributed by atoms with Gasteiger partial charge in [-0.25, -0.2) is 19.9 Å². The van der Waals surface area contributed by atoms with Crippen LogP contribution in [0.2, 0.25) is 5.15 Å². The van der Waals surface area contributed by atoms with E-state index in [0.29, 0.717) is 56.1 Å². The molecule has 0 radical (unpaired) electrons. The highest BCUT2D eigenvalue weighted by Crippen LogP contribution is 2.37. The summed E-state index contributed by atoms with van der Waals surface area (Å²) >= 11 is 5.70. The highest BCUT2D eigenvalue weighted by atomic mass is 35.5. The summed E-state index contributed by atoms with van der Waals surface area (Å²) in [6, 6.07) is 16.1. The first-order valence-electron chi connectivity index (χ1n) is 26.0. The third-order valence-corrected chi connectivity index (χ3v) is 13.6. The summed E-state index contributed by atoms with van der Waals surface area (Å²) in [4.78, 5) is 45.7. The third-order valence-electron chi connectivity index (χ3n) is 13.4. The molecule has 3 aliphatic rings. The maximum atomic E-state index is 12.5. The van der Waals surface area contributed by atoms with Crippen molar-refractivity contribution < 1.29 is 28.4 Å². The summed E-state index contributed by atoms with van der Waals surface area (Å²) in [6.07, 6.45) is 13.3. The second-order valence-electron chi connectivity index (χ2n) is 22.7. The van der Waals surface area contributed by atoms with E-state index in [-0.39, 0.29) is 53.5 Å². The monoisotopic (exact) mass is 1060 g/mol. The SMILES string of the molecule is Cc1cc(-c2ccnc(Nc3cnn(C)c3)n2)ccc1CCC(=O)N1CC(OC(C)(C)C)C1.Cc1cc(B2OC(C)(C)C(C)(C)O2)ccc1CCC(=O)N1CC(OC(C)(C)C)C1.Cn1cc(Nc2nccc(Cl)n2)cn1. The molecule has 20 heteroatoms. The Morgan fingerprint density at radius 2 is 1.14 bits per heavy atom. The first kappa shape index (κ1) is 57.5. The summed E-state index contributed by atoms with van der Waals surface area (Å²) in [6.45, 7) is 27.5. The number of aryl methyl sites for hydroxylation is 6. The highest BCUT2D eigenvalue weighted by Gasteiger charge is 2.51. The van der Waals surface area contributed by atoms with Gasteiger partial charge in [0.1, 0.15) is 5.15 Å². The molecule has 406 valence electrons. The van der Waals surface area contributed by atoms with E-state index in [1.807, 2.05) is 83.9 Å². The molecule has 3 aliphatic heterocycles. The Kier molecular flexibility index (Phi) is 18.1. The van der Waals surface area contributed by atoms with Crippen molar-refractivity contribution in [2.75, 3.05) is 36.8 Å². The lowest BCUT2D eigenvalue weighted by molar-refractivity contribution is -0.157. The number of benzene rings is 2. The lowest BCUT2D eigenvalue weighted by Gasteiger charge is -2.42. The number of nitrogens with one attached hydrogen (secondary N) is 2. The molecule has 0 aliphatic carbocycles. The van der Waals surface area contributed by atoms with Crippen LogP contribution in [0, 0.1) is 13.8 Å². The van der Waals surface area contributed by atoms with Gasteiger partial charge in [-0.1, -0.05) is 41.9 Å². The van der Waals surface area contributed by atoms with Crippen molar-refractivity contribution in [1.82, 2.24) is 49.3 Å². The molecule has 6 aromatic rings. The molecule has 76 heavy (non-hydrogen) atoms. The quantitative estimate of drug-likeness (QED) is 0.0778. The number of anilines is 4. The minimum Gasteiger partial charge on any atom is -0.399 e. The lowest BCUT2D eigenvalue weighted by Crippen LogP contribution is -2.56. The molecule has 9 rings (SSSR count). The van der Waals surface area contributed by atoms with Crippen LogP contribution in [0.1, 0.15) is 104 Å². The van der Waals surface area contributed by atoms with E-state index < -0.39 is 0 Å². The van der Waals surface area contributed by atoms with E-state index in [1.54, 1.807) is 40.2 Å². The number of ether oxygens (including phenoxy) is 2. The van der Waals surface area contributed by atoms with E-state index in [0.717, 1.165) is 46.5 Å². The third kappa shape index (κ3) is 16.1. The van der Waals surface area contributed by atoms with Crippen LogP contribution >= 0.6 is 11.6 Å². The Morgan fingerprint density at radius 1 is 0.684 bits per heavy atom. The number of nitrogens with zero attached hydrogens (tertiary/aromatic N) is 10. The summed E-state index contributed by atoms with van der Waals surface area (Å²) in [5, 5.41) is 14.7. The molecule has 0 bridgehead atoms. The minimum absolute atomic E-state index is 0.153. The molecule has 2 aromatic carbocycles. The van der Waals surface area contributed by atoms with Gasteiger partial charge in [-0.3, -0.25) is 19.0 Å². The largest absolute Gasteiger partial charge is 0.494 e. The van der Waals surface area contributed by atoms with Crippen LogP contribution in [0.25, 0.3) is 11.3 Å². The van der Waals surface area contributed by atoms with Gasteiger partial charge < -0.3 is 39.2 Å². The van der Waals surface area contributed by atoms with Gasteiger partial charge in [0.15, 0.2) is 0 Å². The topological polar surface area (TPSA) is 189 Å². The van der Waals surface area contributed by atoms with Crippen LogP contribution in [0.3, 0.4) is 0 Å². The number of amides is 2. The Hall–Kier alpha value is -6.25. The van der Waals surface area contributed by atoms with Crippen LogP contribution in [-0.4, -0.2) is 129 Å². The fourth-order valence-electron chi connectivity index (χ4n) is 8.70. The van der Waals surface area contributed by atoms with Crippen molar-refractivity contribution in [2.24, 2.45) is 14.1 Å². The Morgan fingerprint density at radius 3 is 1.58 bits per heavy atom. The summed E-state index contributed by atoms with van der Waals surface area (Å²) in [5.74, 6) is 1.38. The number of carbonyl (C=O) groups excluding carboxylic acids is 2. The number of hydrogen-bond acceptors (Lipinski definition) is 14. The molecule has 0 atom stereocenters. The molecule has 3 fully saturated rings. The Bertz CT molecular complexity index is 2920. The molecule has 4 aromatic heterocycles. The molecule has 0 unspecified atom stereocenters. The van der Waals surface area contributed by atoms with E-state index in [1.165, 1.54) is 16.7 Å². The summed E-state index contributed by atoms with van der Waals surface area (Å²) < 4.78 is 27.5. The van der Waals surface area contributed by atoms with E-state index in [9.17, 15) is 9.59 Å². The standard InChI is InChI=1S/C25H32N6O2.C23H36BNO4.C8H8ClN5/c1-17-12-19(22-10-11-26-24(29-22)28-20-13-27-30(5)14-20)7-6-18(17)8-9-23(32)31-15-21(16-31)33-25(2,3)4;1-16-13-18(24-28-22(5,6)23(7,8)29-24)11-9-17(16)10-12-20(26)25-14-19(15-25)27-21(2,3)4;1-14-5-6(4-11-14)12-8-10-3-2-7(9)13-8/h6-7,10-14,21H,8-9,15-16H2,1-5H3,(H,26,28,29);9,11,13,19H,10,12,14-15H2,1-8H3;2-5H,1H3,(H,10,12,13). The molecule has 0 spiro atoms. The second-order valence-corrected chi connectivity index (χ2v) is 23.1. The number of rotatable bonds is 14. The zero-order valence-electron chi connectivity index (χ0n) is 46.8. The predicted molar refractivity (Wildman–Crippen MR) is 298 cm³/mol. The van der Waals surface area contributed by atoms with Gasteiger partial charge in [0.2, 0.25) is 23.7 Å². The van der Waals surface area contributed by atoms with Crippen LogP contribution in [0.5, 0.6) is 0 Å². The van der Waals surface area contributed by atoms with E-state index in [4.69, 9.17) is 30.4 Å². The Labute approximate surface area is 453 Å². The number of likely N-dealkylation sites (tertiary alicyclic amines) is 2. The summed E-state index contributed by atoms with van der Waals surface area (Å²) in [5.41, 5.74) is 8.23. The number of halogens is 1. The van der Waals surface area contributed by atoms with Gasteiger partial charge in [0.25, 0.3) is 0 Å². The maximum absolute atomic E-state index is 12.5. The lowest BCUT2D eigenvalue weighted by atomic mass is 9.77. The molecular formula is C56H76BClN12O6. The summed E-state index contributed by atoms with van der Waals surface area (Å²) in [7, 11) is 3.35. The molecule has 0 saturated carbocycles. The van der Waals surface area contributed by atoms with Crippen LogP contribution in [0.15, 0.2) is 85.7 Å². The number of aromatic nitrogens is 8. The van der Waals surface area contributed by atoms with Crippen LogP contribution in [-0.2, 0) is 55.3 Å². The minimum atomic E-state index is -0.352. The average molecular weight is 1060 g/mol. The van der Waals surface area contributed by atoms with Crippen molar-refractivity contribution in [3.05, 3.63) is 113 Å². The first-order valence-corrected chi connectivity index (χ1v) is 26.3. The predicted octanol–water partition coefficient (Wildman–Crippen LogP) is 8.75. The number of carbonyl (C=O) groups is 2. The van der Waals surface area contributed by atoms with Gasteiger partial charge in [-0.15, -0.1) is 0 Å². The highest BCUT2D eigenvalue weighted by molar-refractivity contribution is 6.62. The van der Waals surface area contributed by atoms with Gasteiger partial charge >= 0.3 is 7.12 Å². The zero-order chi connectivity index (χ0) is 55.2. The number of hydrogen-bond donors (Lipinski definition) is 2. The maximum Gasteiger partial charge on any atom is 0.494 e. The first-order chi connectivity index (χ1) is 35.7. The van der Waals surface area contributed by atoms with Crippen LogP contribution < -0.4 is 16.1 Å². The van der Waals surface area contributed by atoms with Crippen molar-refractivity contribution in [3.8, 4) is 11.3 Å². The van der Waals surface area contributed by atoms with Crippen molar-refractivity contribution in [3.63, 3.8) is 0 Å². The van der Waals surface area contributed by atoms with E-state index in [2.05, 4.69) is 119 Å². The van der Waals surface area contributed by atoms with Gasteiger partial charge in [-0.05, 0) is 142 Å². The average Bonchev–Trinajstić information content (AvgIpc) is 3.98. The van der Waals surface area contributed by atoms with E-state index >= 15 is 0 Å². The second kappa shape index (κ2) is 24.0. The molecule has 2 amide bonds. The zero-order valence-corrected chi connectivity index (χ0v) is 47.5. The van der Waals surface area contributed by atoms with Gasteiger partial charge in [0, 0.05) is 83.5 Å². The van der Waals surface area contributed by atoms with Crippen LogP contribution in [0.4, 0.5) is 23.3 Å². The molecule has 3 saturated heterocycles. The van der Waals surface area contributed by atoms with Crippen molar-refractivity contribution in [1.29, 1.82) is 0 Å². The smallest absolute Gasteiger partial charge is 0.399 e. The van der Waals surface area contributed by atoms with Crippen molar-refractivity contribution >= 4 is 59.3 Å². The molecule has 7 heterocycles.